The normalized spacial score (nSPS) is 12.6. The highest BCUT2D eigenvalue weighted by Gasteiger charge is 2.21. The van der Waals surface area contributed by atoms with Crippen molar-refractivity contribution in [3.63, 3.8) is 0 Å². The number of anilines is 3. The number of benzene rings is 11. The van der Waals surface area contributed by atoms with Crippen LogP contribution in [0.3, 0.4) is 0 Å². The Kier molecular flexibility index (Phi) is 6.98. The second-order valence-electron chi connectivity index (χ2n) is 15.3. The maximum absolute atomic E-state index is 9.85. The van der Waals surface area contributed by atoms with E-state index >= 15 is 0 Å². The molecule has 1 aromatic heterocycles. The molecule has 0 fully saturated rings. The zero-order chi connectivity index (χ0) is 43.1. The van der Waals surface area contributed by atoms with Crippen LogP contribution in [0.15, 0.2) is 229 Å². The molecule has 0 aliphatic carbocycles. The minimum Gasteiger partial charge on any atom is -0.455 e. The average molecular weight is 768 g/mol. The maximum Gasteiger partial charge on any atom is 0.143 e. The van der Waals surface area contributed by atoms with E-state index in [1.807, 2.05) is 89.8 Å². The number of rotatable bonds is 6. The molecule has 1 heterocycles. The van der Waals surface area contributed by atoms with E-state index in [0.717, 1.165) is 65.4 Å². The van der Waals surface area contributed by atoms with Gasteiger partial charge in [-0.05, 0) is 126 Å². The number of furan rings is 1. The number of nitrogens with zero attached hydrogens (tertiary/aromatic N) is 1. The monoisotopic (exact) mass is 767 g/mol. The molecule has 12 aromatic rings. The van der Waals surface area contributed by atoms with Crippen molar-refractivity contribution in [2.24, 2.45) is 0 Å². The van der Waals surface area contributed by atoms with Crippen molar-refractivity contribution < 1.29 is 9.90 Å². The van der Waals surface area contributed by atoms with Crippen LogP contribution in [0.1, 0.15) is 5.48 Å². The van der Waals surface area contributed by atoms with Crippen molar-refractivity contribution in [1.29, 1.82) is 0 Å². The SMILES string of the molecule is [2H]c1c([2H])c(N(c2ccc(-c3cccc(-c4cccc5ccccc45)c3)cc2)c2cccc3oc4c5ccccc5ccc4c23)c([2H])c([2H])c1-c1cc2ccccc2c2ccccc12. The van der Waals surface area contributed by atoms with Gasteiger partial charge in [-0.3, -0.25) is 0 Å². The highest BCUT2D eigenvalue weighted by atomic mass is 16.3. The fourth-order valence-electron chi connectivity index (χ4n) is 9.07. The van der Waals surface area contributed by atoms with Gasteiger partial charge in [0.05, 0.1) is 16.6 Å². The first-order valence-electron chi connectivity index (χ1n) is 22.3. The van der Waals surface area contributed by atoms with Crippen molar-refractivity contribution >= 4 is 82.1 Å². The lowest BCUT2D eigenvalue weighted by molar-refractivity contribution is 0.672. The molecule has 0 N–H and O–H groups in total. The lowest BCUT2D eigenvalue weighted by Gasteiger charge is -2.27. The Morgan fingerprint density at radius 1 is 0.350 bits per heavy atom. The average Bonchev–Trinajstić information content (AvgIpc) is 3.75. The summed E-state index contributed by atoms with van der Waals surface area (Å²) in [6.07, 6.45) is 0. The summed E-state index contributed by atoms with van der Waals surface area (Å²) in [4.78, 5) is 1.88. The van der Waals surface area contributed by atoms with Crippen molar-refractivity contribution in [2.75, 3.05) is 4.90 Å². The predicted molar refractivity (Wildman–Crippen MR) is 255 cm³/mol. The number of hydrogen-bond acceptors (Lipinski definition) is 2. The van der Waals surface area contributed by atoms with E-state index < -0.39 is 0 Å². The molecule has 0 amide bonds. The predicted octanol–water partition coefficient (Wildman–Crippen LogP) is 16.7. The Morgan fingerprint density at radius 2 is 0.983 bits per heavy atom. The van der Waals surface area contributed by atoms with E-state index in [2.05, 4.69) is 115 Å². The molecule has 12 rings (SSSR count). The fourth-order valence-corrected chi connectivity index (χ4v) is 9.07. The Bertz CT molecular complexity index is 3820. The van der Waals surface area contributed by atoms with E-state index in [1.165, 1.54) is 16.3 Å². The van der Waals surface area contributed by atoms with Crippen LogP contribution >= 0.6 is 0 Å². The largest absolute Gasteiger partial charge is 0.455 e. The standard InChI is InChI=1S/C58H37NO/c1-4-18-47-39(12-1)15-10-23-48(47)43-17-9-16-42(36-43)38-26-31-45(32-27-38)59(55-24-11-25-56-57(55)53-35-30-40-13-2-6-20-50(40)58(53)60-56)46-33-28-41(29-34-46)54-37-44-14-3-5-19-49(44)51-21-7-8-22-52(51)54/h1-37H/i28D,29D,33D,34D. The molecule has 2 heteroatoms. The molecule has 60 heavy (non-hydrogen) atoms. The third-order valence-electron chi connectivity index (χ3n) is 11.9. The molecule has 11 aromatic carbocycles. The van der Waals surface area contributed by atoms with Gasteiger partial charge in [0, 0.05) is 22.1 Å². The van der Waals surface area contributed by atoms with Crippen LogP contribution in [-0.4, -0.2) is 0 Å². The van der Waals surface area contributed by atoms with Gasteiger partial charge >= 0.3 is 0 Å². The molecule has 0 aliphatic rings. The van der Waals surface area contributed by atoms with Crippen LogP contribution < -0.4 is 4.90 Å². The smallest absolute Gasteiger partial charge is 0.143 e. The topological polar surface area (TPSA) is 16.4 Å². The highest BCUT2D eigenvalue weighted by molar-refractivity contribution is 6.20. The first-order valence-corrected chi connectivity index (χ1v) is 20.3. The van der Waals surface area contributed by atoms with Crippen LogP contribution in [0.4, 0.5) is 17.1 Å². The van der Waals surface area contributed by atoms with Gasteiger partial charge in [0.2, 0.25) is 0 Å². The number of hydrogen-bond donors (Lipinski definition) is 0. The summed E-state index contributed by atoms with van der Waals surface area (Å²) in [5.41, 5.74) is 8.19. The summed E-state index contributed by atoms with van der Waals surface area (Å²) >= 11 is 0. The minimum atomic E-state index is -0.143. The van der Waals surface area contributed by atoms with E-state index in [9.17, 15) is 5.48 Å². The maximum atomic E-state index is 9.85. The molecule has 0 aliphatic heterocycles. The van der Waals surface area contributed by atoms with Crippen molar-refractivity contribution in [3.8, 4) is 33.4 Å². The summed E-state index contributed by atoms with van der Waals surface area (Å²) in [7, 11) is 0. The van der Waals surface area contributed by atoms with Crippen LogP contribution in [0, 0.1) is 0 Å². The molecule has 0 radical (unpaired) electrons. The van der Waals surface area contributed by atoms with E-state index in [4.69, 9.17) is 4.42 Å². The molecule has 0 saturated heterocycles. The molecule has 0 unspecified atom stereocenters. The Hall–Kier alpha value is -7.94. The van der Waals surface area contributed by atoms with Gasteiger partial charge in [-0.1, -0.05) is 170 Å². The molecule has 2 nitrogen and oxygen atoms in total. The minimum absolute atomic E-state index is 0.112. The van der Waals surface area contributed by atoms with Crippen molar-refractivity contribution in [2.45, 2.75) is 0 Å². The van der Waals surface area contributed by atoms with Crippen molar-refractivity contribution in [1.82, 2.24) is 0 Å². The summed E-state index contributed by atoms with van der Waals surface area (Å²) in [6.45, 7) is 0. The summed E-state index contributed by atoms with van der Waals surface area (Å²) in [6, 6.07) is 67.3. The van der Waals surface area contributed by atoms with Crippen LogP contribution in [-0.2, 0) is 0 Å². The van der Waals surface area contributed by atoms with Gasteiger partial charge in [0.25, 0.3) is 0 Å². The number of fused-ring (bicyclic) bond motifs is 9. The van der Waals surface area contributed by atoms with Gasteiger partial charge in [0.15, 0.2) is 0 Å². The second kappa shape index (κ2) is 13.9. The van der Waals surface area contributed by atoms with Crippen molar-refractivity contribution in [3.05, 3.63) is 224 Å². The summed E-state index contributed by atoms with van der Waals surface area (Å²) < 4.78 is 45.8. The van der Waals surface area contributed by atoms with Crippen LogP contribution in [0.5, 0.6) is 0 Å². The lowest BCUT2D eigenvalue weighted by Crippen LogP contribution is -2.10. The zero-order valence-electron chi connectivity index (χ0n) is 36.4. The van der Waals surface area contributed by atoms with Gasteiger partial charge in [0.1, 0.15) is 11.2 Å². The first kappa shape index (κ1) is 30.2. The summed E-state index contributed by atoms with van der Waals surface area (Å²) in [5, 5.41) is 10.0. The Morgan fingerprint density at radius 3 is 1.80 bits per heavy atom. The third-order valence-corrected chi connectivity index (χ3v) is 11.9. The van der Waals surface area contributed by atoms with Gasteiger partial charge in [-0.25, -0.2) is 0 Å². The Balaban J connectivity index is 1.07. The molecule has 0 spiro atoms. The molecule has 280 valence electrons. The molecular formula is C58H37NO. The first-order chi connectivity index (χ1) is 31.4. The Labute approximate surface area is 353 Å². The van der Waals surface area contributed by atoms with Crippen LogP contribution in [0.25, 0.3) is 98.4 Å². The molecule has 0 bridgehead atoms. The molecular weight excluding hydrogens is 727 g/mol. The van der Waals surface area contributed by atoms with E-state index in [0.29, 0.717) is 22.5 Å². The van der Waals surface area contributed by atoms with E-state index in [-0.39, 0.29) is 35.4 Å². The van der Waals surface area contributed by atoms with E-state index in [1.54, 1.807) is 0 Å². The third kappa shape index (κ3) is 5.57. The van der Waals surface area contributed by atoms with Gasteiger partial charge < -0.3 is 9.32 Å². The van der Waals surface area contributed by atoms with Crippen LogP contribution in [0.2, 0.25) is 0 Å². The van der Waals surface area contributed by atoms with Gasteiger partial charge in [-0.2, -0.15) is 0 Å². The fraction of sp³-hybridized carbons (Fsp3) is 0. The van der Waals surface area contributed by atoms with Gasteiger partial charge in [-0.15, -0.1) is 0 Å². The second-order valence-corrected chi connectivity index (χ2v) is 15.3. The zero-order valence-corrected chi connectivity index (χ0v) is 32.4. The molecule has 0 saturated carbocycles. The molecule has 0 atom stereocenters. The highest BCUT2D eigenvalue weighted by Crippen LogP contribution is 2.45. The lowest BCUT2D eigenvalue weighted by atomic mass is 9.93. The quantitative estimate of drug-likeness (QED) is 0.157. The summed E-state index contributed by atoms with van der Waals surface area (Å²) in [5.74, 6) is 0.